The molecule has 132 valence electrons. The molecule has 0 spiro atoms. The Morgan fingerprint density at radius 1 is 1.20 bits per heavy atom. The Balaban J connectivity index is 1.58. The number of amides is 1. The third-order valence-electron chi connectivity index (χ3n) is 5.19. The van der Waals surface area contributed by atoms with Gasteiger partial charge in [-0.1, -0.05) is 6.07 Å². The highest BCUT2D eigenvalue weighted by Gasteiger charge is 2.41. The lowest BCUT2D eigenvalue weighted by molar-refractivity contribution is 0.00840. The van der Waals surface area contributed by atoms with Crippen molar-refractivity contribution in [3.05, 3.63) is 54.2 Å². The van der Waals surface area contributed by atoms with Crippen molar-refractivity contribution < 1.29 is 13.9 Å². The predicted octanol–water partition coefficient (Wildman–Crippen LogP) is 1.83. The van der Waals surface area contributed by atoms with Crippen LogP contribution in [0.15, 0.2) is 47.3 Å². The Morgan fingerprint density at radius 3 is 2.80 bits per heavy atom. The van der Waals surface area contributed by atoms with Crippen LogP contribution in [0.4, 0.5) is 0 Å². The van der Waals surface area contributed by atoms with Crippen molar-refractivity contribution in [2.45, 2.75) is 24.9 Å². The lowest BCUT2D eigenvalue weighted by Crippen LogP contribution is -2.51. The zero-order valence-corrected chi connectivity index (χ0v) is 14.2. The van der Waals surface area contributed by atoms with Gasteiger partial charge in [-0.15, -0.1) is 0 Å². The molecule has 2 aliphatic rings. The highest BCUT2D eigenvalue weighted by atomic mass is 16.5. The highest BCUT2D eigenvalue weighted by molar-refractivity contribution is 5.92. The Labute approximate surface area is 147 Å². The van der Waals surface area contributed by atoms with Gasteiger partial charge >= 0.3 is 0 Å². The quantitative estimate of drug-likeness (QED) is 0.849. The largest absolute Gasteiger partial charge is 0.459 e. The van der Waals surface area contributed by atoms with Crippen LogP contribution in [-0.4, -0.2) is 65.6 Å². The van der Waals surface area contributed by atoms with E-state index < -0.39 is 0 Å². The van der Waals surface area contributed by atoms with E-state index in [0.29, 0.717) is 11.8 Å². The molecule has 2 aromatic rings. The summed E-state index contributed by atoms with van der Waals surface area (Å²) in [6.45, 7) is 4.14. The molecule has 25 heavy (non-hydrogen) atoms. The fraction of sp³-hybridized carbons (Fsp3) is 0.474. The van der Waals surface area contributed by atoms with Crippen molar-refractivity contribution in [3.63, 3.8) is 0 Å². The van der Waals surface area contributed by atoms with E-state index in [4.69, 9.17) is 9.15 Å². The van der Waals surface area contributed by atoms with Crippen LogP contribution in [0.2, 0.25) is 0 Å². The summed E-state index contributed by atoms with van der Waals surface area (Å²) in [7, 11) is 0. The monoisotopic (exact) mass is 341 g/mol. The summed E-state index contributed by atoms with van der Waals surface area (Å²) in [5.41, 5.74) is 1.16. The van der Waals surface area contributed by atoms with Crippen molar-refractivity contribution in [1.82, 2.24) is 14.8 Å². The lowest BCUT2D eigenvalue weighted by Gasteiger charge is -2.37. The van der Waals surface area contributed by atoms with Crippen molar-refractivity contribution in [1.29, 1.82) is 0 Å². The number of hydrogen-bond acceptors (Lipinski definition) is 5. The third kappa shape index (κ3) is 3.45. The molecule has 0 radical (unpaired) electrons. The zero-order valence-electron chi connectivity index (χ0n) is 14.2. The molecule has 0 saturated carbocycles. The number of ether oxygens (including phenoxy) is 1. The molecule has 4 heterocycles. The van der Waals surface area contributed by atoms with E-state index in [1.807, 2.05) is 17.2 Å². The minimum Gasteiger partial charge on any atom is -0.459 e. The average molecular weight is 341 g/mol. The van der Waals surface area contributed by atoms with Gasteiger partial charge in [0.1, 0.15) is 0 Å². The van der Waals surface area contributed by atoms with Crippen LogP contribution >= 0.6 is 0 Å². The minimum absolute atomic E-state index is 0.0188. The molecule has 0 N–H and O–H groups in total. The fourth-order valence-electron chi connectivity index (χ4n) is 3.97. The maximum atomic E-state index is 12.9. The smallest absolute Gasteiger partial charge is 0.289 e. The van der Waals surface area contributed by atoms with Crippen LogP contribution < -0.4 is 0 Å². The number of rotatable bonds is 4. The number of furan rings is 1. The van der Waals surface area contributed by atoms with Crippen molar-refractivity contribution in [3.8, 4) is 0 Å². The van der Waals surface area contributed by atoms with Crippen molar-refractivity contribution in [2.75, 3.05) is 32.8 Å². The van der Waals surface area contributed by atoms with Gasteiger partial charge in [0.25, 0.3) is 5.91 Å². The van der Waals surface area contributed by atoms with E-state index >= 15 is 0 Å². The van der Waals surface area contributed by atoms with E-state index in [1.165, 1.54) is 0 Å². The van der Waals surface area contributed by atoms with E-state index in [2.05, 4.69) is 16.0 Å². The number of nitrogens with zero attached hydrogens (tertiary/aromatic N) is 3. The number of hydrogen-bond donors (Lipinski definition) is 0. The molecule has 0 bridgehead atoms. The van der Waals surface area contributed by atoms with Gasteiger partial charge in [0, 0.05) is 38.1 Å². The Morgan fingerprint density at radius 2 is 2.08 bits per heavy atom. The molecule has 0 aliphatic carbocycles. The standard InChI is InChI=1S/C19H23N3O3/c23-19(18-4-2-10-25-18)22-7-5-16(21-8-11-24-12-9-21)17(22)13-15-3-1-6-20-14-15/h1-4,6,10,14,16-17H,5,7-9,11-13H2/t16-,17+/m0/s1. The summed E-state index contributed by atoms with van der Waals surface area (Å²) in [5, 5.41) is 0. The van der Waals surface area contributed by atoms with Crippen LogP contribution in [0.3, 0.4) is 0 Å². The van der Waals surface area contributed by atoms with Gasteiger partial charge in [-0.25, -0.2) is 0 Å². The molecular weight excluding hydrogens is 318 g/mol. The molecule has 6 nitrogen and oxygen atoms in total. The molecule has 2 saturated heterocycles. The molecule has 1 amide bonds. The first-order valence-corrected chi connectivity index (χ1v) is 8.88. The zero-order chi connectivity index (χ0) is 17.1. The second-order valence-electron chi connectivity index (χ2n) is 6.61. The number of morpholine rings is 1. The van der Waals surface area contributed by atoms with E-state index in [9.17, 15) is 4.79 Å². The molecule has 2 aromatic heterocycles. The van der Waals surface area contributed by atoms with Crippen LogP contribution in [0, 0.1) is 0 Å². The van der Waals surface area contributed by atoms with Gasteiger partial charge in [0.2, 0.25) is 0 Å². The summed E-state index contributed by atoms with van der Waals surface area (Å²) < 4.78 is 10.8. The molecule has 2 fully saturated rings. The van der Waals surface area contributed by atoms with Crippen LogP contribution in [0.5, 0.6) is 0 Å². The number of pyridine rings is 1. The number of carbonyl (C=O) groups excluding carboxylic acids is 1. The molecule has 0 unspecified atom stereocenters. The SMILES string of the molecule is O=C(c1ccco1)N1CC[C@H](N2CCOCC2)[C@H]1Cc1cccnc1. The fourth-order valence-corrected chi connectivity index (χ4v) is 3.97. The number of carbonyl (C=O) groups is 1. The first-order chi connectivity index (χ1) is 12.3. The van der Waals surface area contributed by atoms with E-state index in [-0.39, 0.29) is 11.9 Å². The Bertz CT molecular complexity index is 683. The normalized spacial score (nSPS) is 24.6. The van der Waals surface area contributed by atoms with Crippen LogP contribution in [-0.2, 0) is 11.2 Å². The highest BCUT2D eigenvalue weighted by Crippen LogP contribution is 2.28. The maximum Gasteiger partial charge on any atom is 0.289 e. The van der Waals surface area contributed by atoms with E-state index in [1.54, 1.807) is 24.6 Å². The predicted molar refractivity (Wildman–Crippen MR) is 92.3 cm³/mol. The molecule has 4 rings (SSSR count). The van der Waals surface area contributed by atoms with Gasteiger partial charge in [0.15, 0.2) is 5.76 Å². The summed E-state index contributed by atoms with van der Waals surface area (Å²) in [6, 6.07) is 8.01. The number of aromatic nitrogens is 1. The van der Waals surface area contributed by atoms with Gasteiger partial charge < -0.3 is 14.1 Å². The van der Waals surface area contributed by atoms with Crippen LogP contribution in [0.1, 0.15) is 22.5 Å². The second-order valence-corrected chi connectivity index (χ2v) is 6.61. The molecule has 0 aromatic carbocycles. The van der Waals surface area contributed by atoms with Crippen LogP contribution in [0.25, 0.3) is 0 Å². The van der Waals surface area contributed by atoms with Crippen molar-refractivity contribution in [2.24, 2.45) is 0 Å². The summed E-state index contributed by atoms with van der Waals surface area (Å²) in [5.74, 6) is 0.397. The van der Waals surface area contributed by atoms with Crippen molar-refractivity contribution >= 4 is 5.91 Å². The molecule has 2 atom stereocenters. The van der Waals surface area contributed by atoms with Gasteiger partial charge in [0.05, 0.1) is 25.5 Å². The van der Waals surface area contributed by atoms with E-state index in [0.717, 1.165) is 51.3 Å². The van der Waals surface area contributed by atoms with Gasteiger partial charge in [-0.05, 0) is 36.6 Å². The Kier molecular flexibility index (Phi) is 4.81. The minimum atomic E-state index is -0.0188. The molecular formula is C19H23N3O3. The summed E-state index contributed by atoms with van der Waals surface area (Å²) in [6.07, 6.45) is 7.02. The number of likely N-dealkylation sites (tertiary alicyclic amines) is 1. The first-order valence-electron chi connectivity index (χ1n) is 8.88. The lowest BCUT2D eigenvalue weighted by atomic mass is 9.99. The maximum absolute atomic E-state index is 12.9. The topological polar surface area (TPSA) is 58.8 Å². The first kappa shape index (κ1) is 16.3. The summed E-state index contributed by atoms with van der Waals surface area (Å²) in [4.78, 5) is 21.6. The summed E-state index contributed by atoms with van der Waals surface area (Å²) >= 11 is 0. The van der Waals surface area contributed by atoms with Gasteiger partial charge in [-0.3, -0.25) is 14.7 Å². The second kappa shape index (κ2) is 7.37. The average Bonchev–Trinajstić information content (AvgIpc) is 3.33. The Hall–Kier alpha value is -2.18. The molecule has 2 aliphatic heterocycles. The van der Waals surface area contributed by atoms with Gasteiger partial charge in [-0.2, -0.15) is 0 Å². The molecule has 6 heteroatoms. The third-order valence-corrected chi connectivity index (χ3v) is 5.19.